The Labute approximate surface area is 113 Å². The lowest BCUT2D eigenvalue weighted by Gasteiger charge is -2.45. The molecule has 19 heavy (non-hydrogen) atoms. The van der Waals surface area contributed by atoms with Crippen LogP contribution >= 0.6 is 0 Å². The molecule has 2 saturated heterocycles. The number of nitrogens with one attached hydrogen (secondary N) is 1. The summed E-state index contributed by atoms with van der Waals surface area (Å²) in [5.41, 5.74) is -0.520. The lowest BCUT2D eigenvalue weighted by molar-refractivity contribution is -0.150. The summed E-state index contributed by atoms with van der Waals surface area (Å²) in [5.74, 6) is -1.16. The normalized spacial score (nSPS) is 30.9. The number of likely N-dealkylation sites (tertiary alicyclic amines) is 1. The van der Waals surface area contributed by atoms with Crippen molar-refractivity contribution < 1.29 is 19.4 Å². The minimum atomic E-state index is -0.750. The Morgan fingerprint density at radius 1 is 1.21 bits per heavy atom. The largest absolute Gasteiger partial charge is 0.481 e. The van der Waals surface area contributed by atoms with E-state index in [1.807, 2.05) is 20.8 Å². The molecule has 6 nitrogen and oxygen atoms in total. The molecule has 1 unspecified atom stereocenters. The van der Waals surface area contributed by atoms with Gasteiger partial charge < -0.3 is 20.1 Å². The van der Waals surface area contributed by atoms with Crippen molar-refractivity contribution in [1.29, 1.82) is 0 Å². The third-order valence-electron chi connectivity index (χ3n) is 3.68. The van der Waals surface area contributed by atoms with E-state index in [4.69, 9.17) is 4.74 Å². The van der Waals surface area contributed by atoms with Crippen molar-refractivity contribution in [2.45, 2.75) is 26.4 Å². The highest BCUT2D eigenvalue weighted by atomic mass is 16.6. The summed E-state index contributed by atoms with van der Waals surface area (Å²) in [5, 5.41) is 12.5. The fourth-order valence-corrected chi connectivity index (χ4v) is 2.97. The third kappa shape index (κ3) is 3.18. The second kappa shape index (κ2) is 5.00. The van der Waals surface area contributed by atoms with Crippen LogP contribution in [0.2, 0.25) is 0 Å². The average molecular weight is 270 g/mol. The topological polar surface area (TPSA) is 78.9 Å². The van der Waals surface area contributed by atoms with Crippen LogP contribution in [0.3, 0.4) is 0 Å². The quantitative estimate of drug-likeness (QED) is 0.736. The van der Waals surface area contributed by atoms with Gasteiger partial charge in [-0.15, -0.1) is 0 Å². The van der Waals surface area contributed by atoms with Crippen LogP contribution in [0.4, 0.5) is 4.79 Å². The van der Waals surface area contributed by atoms with E-state index in [2.05, 4.69) is 5.32 Å². The van der Waals surface area contributed by atoms with E-state index in [1.54, 1.807) is 4.90 Å². The van der Waals surface area contributed by atoms with Gasteiger partial charge in [0.05, 0.1) is 5.92 Å². The number of nitrogens with zero attached hydrogens (tertiary/aromatic N) is 1. The maximum absolute atomic E-state index is 12.1. The van der Waals surface area contributed by atoms with Crippen LogP contribution in [0.25, 0.3) is 0 Å². The molecule has 2 N–H and O–H groups in total. The van der Waals surface area contributed by atoms with Crippen LogP contribution in [0, 0.1) is 17.8 Å². The fraction of sp³-hybridized carbons (Fsp3) is 0.846. The van der Waals surface area contributed by atoms with Crippen molar-refractivity contribution in [2.24, 2.45) is 17.8 Å². The number of carboxylic acids is 1. The number of rotatable bonds is 1. The standard InChI is InChI=1S/C13H22N2O4/c1-13(2,3)19-12(18)15-6-8-4-14-5-9(7-15)10(8)11(16)17/h8-10,14H,4-7H2,1-3H3,(H,16,17)/t8-,9+,10?. The number of carboxylic acid groups (broad SMARTS) is 1. The number of fused-ring (bicyclic) bond motifs is 2. The highest BCUT2D eigenvalue weighted by molar-refractivity contribution is 5.73. The molecule has 0 radical (unpaired) electrons. The van der Waals surface area contributed by atoms with E-state index >= 15 is 0 Å². The highest BCUT2D eigenvalue weighted by Crippen LogP contribution is 2.32. The molecule has 0 aromatic heterocycles. The van der Waals surface area contributed by atoms with Gasteiger partial charge in [0, 0.05) is 38.0 Å². The Kier molecular flexibility index (Phi) is 3.71. The van der Waals surface area contributed by atoms with Crippen LogP contribution in [-0.2, 0) is 9.53 Å². The summed E-state index contributed by atoms with van der Waals surface area (Å²) in [6, 6.07) is 0. The number of hydrogen-bond acceptors (Lipinski definition) is 4. The summed E-state index contributed by atoms with van der Waals surface area (Å²) in [6.07, 6.45) is -0.340. The van der Waals surface area contributed by atoms with Crippen molar-refractivity contribution in [2.75, 3.05) is 26.2 Å². The van der Waals surface area contributed by atoms with Gasteiger partial charge in [-0.25, -0.2) is 4.79 Å². The van der Waals surface area contributed by atoms with Crippen LogP contribution in [0.15, 0.2) is 0 Å². The summed E-state index contributed by atoms with van der Waals surface area (Å²) < 4.78 is 5.36. The van der Waals surface area contributed by atoms with Crippen molar-refractivity contribution in [3.05, 3.63) is 0 Å². The molecule has 1 amide bonds. The predicted octanol–water partition coefficient (Wildman–Crippen LogP) is 0.773. The number of aliphatic carboxylic acids is 1. The van der Waals surface area contributed by atoms with Crippen LogP contribution < -0.4 is 5.32 Å². The van der Waals surface area contributed by atoms with E-state index in [0.29, 0.717) is 26.2 Å². The van der Waals surface area contributed by atoms with E-state index in [9.17, 15) is 14.7 Å². The Bertz CT molecular complexity index is 363. The van der Waals surface area contributed by atoms with Gasteiger partial charge in [-0.3, -0.25) is 4.79 Å². The smallest absolute Gasteiger partial charge is 0.410 e. The van der Waals surface area contributed by atoms with Crippen molar-refractivity contribution in [3.8, 4) is 0 Å². The van der Waals surface area contributed by atoms with Gasteiger partial charge in [0.2, 0.25) is 0 Å². The molecule has 0 spiro atoms. The lowest BCUT2D eigenvalue weighted by atomic mass is 9.75. The van der Waals surface area contributed by atoms with Crippen molar-refractivity contribution in [3.63, 3.8) is 0 Å². The van der Waals surface area contributed by atoms with Crippen LogP contribution in [0.5, 0.6) is 0 Å². The molecule has 3 atom stereocenters. The van der Waals surface area contributed by atoms with E-state index in [-0.39, 0.29) is 23.8 Å². The fourth-order valence-electron chi connectivity index (χ4n) is 2.97. The Balaban J connectivity index is 2.05. The molecule has 2 heterocycles. The molecule has 2 bridgehead atoms. The minimum absolute atomic E-state index is 0.0301. The van der Waals surface area contributed by atoms with Gasteiger partial charge in [0.15, 0.2) is 0 Å². The Morgan fingerprint density at radius 2 is 1.74 bits per heavy atom. The van der Waals surface area contributed by atoms with Gasteiger partial charge in [0.25, 0.3) is 0 Å². The molecule has 0 aromatic rings. The SMILES string of the molecule is CC(C)(C)OC(=O)N1C[C@H]2CNC[C@@H](C1)C2C(=O)O. The lowest BCUT2D eigenvalue weighted by Crippen LogP contribution is -2.60. The van der Waals surface area contributed by atoms with Crippen LogP contribution in [0.1, 0.15) is 20.8 Å². The maximum Gasteiger partial charge on any atom is 0.410 e. The predicted molar refractivity (Wildman–Crippen MR) is 68.8 cm³/mol. The second-order valence-corrected chi connectivity index (χ2v) is 6.43. The number of carbonyl (C=O) groups is 2. The monoisotopic (exact) mass is 270 g/mol. The zero-order valence-corrected chi connectivity index (χ0v) is 11.7. The zero-order valence-electron chi connectivity index (χ0n) is 11.7. The highest BCUT2D eigenvalue weighted by Gasteiger charge is 2.45. The van der Waals surface area contributed by atoms with Crippen molar-refractivity contribution >= 4 is 12.1 Å². The first-order chi connectivity index (χ1) is 8.78. The molecule has 0 aliphatic carbocycles. The molecule has 0 aromatic carbocycles. The average Bonchev–Trinajstić information content (AvgIpc) is 2.24. The molecule has 2 rings (SSSR count). The van der Waals surface area contributed by atoms with E-state index in [0.717, 1.165) is 0 Å². The Hall–Kier alpha value is -1.30. The number of amides is 1. The first-order valence-corrected chi connectivity index (χ1v) is 6.69. The van der Waals surface area contributed by atoms with Gasteiger partial charge in [-0.1, -0.05) is 0 Å². The molecule has 2 aliphatic heterocycles. The van der Waals surface area contributed by atoms with E-state index in [1.165, 1.54) is 0 Å². The summed E-state index contributed by atoms with van der Waals surface area (Å²) in [7, 11) is 0. The second-order valence-electron chi connectivity index (χ2n) is 6.43. The molecule has 108 valence electrons. The molecule has 6 heteroatoms. The number of ether oxygens (including phenoxy) is 1. The number of hydrogen-bond donors (Lipinski definition) is 2. The molecular weight excluding hydrogens is 248 g/mol. The van der Waals surface area contributed by atoms with Gasteiger partial charge in [0.1, 0.15) is 5.60 Å². The van der Waals surface area contributed by atoms with Crippen molar-refractivity contribution in [1.82, 2.24) is 10.2 Å². The summed E-state index contributed by atoms with van der Waals surface area (Å²) in [4.78, 5) is 25.0. The van der Waals surface area contributed by atoms with Gasteiger partial charge in [-0.05, 0) is 20.8 Å². The van der Waals surface area contributed by atoms with E-state index < -0.39 is 11.6 Å². The first-order valence-electron chi connectivity index (χ1n) is 6.69. The molecule has 2 fully saturated rings. The third-order valence-corrected chi connectivity index (χ3v) is 3.68. The molecule has 0 saturated carbocycles. The first kappa shape index (κ1) is 14.1. The summed E-state index contributed by atoms with van der Waals surface area (Å²) >= 11 is 0. The number of piperidine rings is 2. The number of carbonyl (C=O) groups excluding carboxylic acids is 1. The zero-order chi connectivity index (χ0) is 14.2. The van der Waals surface area contributed by atoms with Crippen LogP contribution in [-0.4, -0.2) is 53.8 Å². The summed E-state index contributed by atoms with van der Waals surface area (Å²) in [6.45, 7) is 7.69. The van der Waals surface area contributed by atoms with Gasteiger partial charge in [-0.2, -0.15) is 0 Å². The van der Waals surface area contributed by atoms with Gasteiger partial charge >= 0.3 is 12.1 Å². The maximum atomic E-state index is 12.1. The molecular formula is C13H22N2O4. The Morgan fingerprint density at radius 3 is 2.16 bits per heavy atom. The molecule has 2 aliphatic rings. The minimum Gasteiger partial charge on any atom is -0.481 e.